The van der Waals surface area contributed by atoms with E-state index in [0.717, 1.165) is 24.4 Å². The molecule has 26 heavy (non-hydrogen) atoms. The summed E-state index contributed by atoms with van der Waals surface area (Å²) in [6, 6.07) is 10.2. The molecule has 0 aliphatic heterocycles. The third-order valence-corrected chi connectivity index (χ3v) is 4.24. The van der Waals surface area contributed by atoms with E-state index < -0.39 is 21.8 Å². The van der Waals surface area contributed by atoms with E-state index in [1.807, 2.05) is 0 Å². The van der Waals surface area contributed by atoms with Crippen molar-refractivity contribution in [2.45, 2.75) is 4.90 Å². The number of benzene rings is 2. The Kier molecular flexibility index (Phi) is 5.94. The van der Waals surface area contributed by atoms with E-state index >= 15 is 0 Å². The number of nitriles is 1. The number of rotatable bonds is 5. The molecule has 3 N–H and O–H groups in total. The predicted molar refractivity (Wildman–Crippen MR) is 93.6 cm³/mol. The van der Waals surface area contributed by atoms with Gasteiger partial charge >= 0.3 is 0 Å². The maximum absolute atomic E-state index is 13.1. The molecule has 0 heterocycles. The first-order valence-corrected chi connectivity index (χ1v) is 8.73. The molecule has 0 spiro atoms. The van der Waals surface area contributed by atoms with Crippen molar-refractivity contribution >= 4 is 39.0 Å². The summed E-state index contributed by atoms with van der Waals surface area (Å²) in [4.78, 5) is 11.7. The number of hydrogen-bond donors (Lipinski definition) is 3. The molecule has 0 unspecified atom stereocenters. The second-order valence-corrected chi connectivity index (χ2v) is 6.73. The minimum Gasteiger partial charge on any atom is -0.360 e. The van der Waals surface area contributed by atoms with Crippen LogP contribution < -0.4 is 10.6 Å². The molecule has 2 aromatic rings. The molecule has 0 fully saturated rings. The monoisotopic (exact) mass is 395 g/mol. The summed E-state index contributed by atoms with van der Waals surface area (Å²) in [5.74, 6) is -1.36. The summed E-state index contributed by atoms with van der Waals surface area (Å²) in [6.45, 7) is 0. The highest BCUT2D eigenvalue weighted by Crippen LogP contribution is 2.19. The SMILES string of the molecule is N#C/C(=C/Nc1ccc(F)c(Cl)c1)C(=O)Nc1ccc(S(=O)(=O)O)cc1. The summed E-state index contributed by atoms with van der Waals surface area (Å²) in [5.41, 5.74) is 0.298. The van der Waals surface area contributed by atoms with E-state index in [0.29, 0.717) is 5.69 Å². The molecule has 134 valence electrons. The van der Waals surface area contributed by atoms with Gasteiger partial charge in [0, 0.05) is 17.6 Å². The van der Waals surface area contributed by atoms with Crippen LogP contribution in [-0.4, -0.2) is 18.9 Å². The lowest BCUT2D eigenvalue weighted by Gasteiger charge is -2.06. The van der Waals surface area contributed by atoms with Gasteiger partial charge in [0.25, 0.3) is 16.0 Å². The van der Waals surface area contributed by atoms with Gasteiger partial charge in [0.05, 0.1) is 9.92 Å². The van der Waals surface area contributed by atoms with Crippen LogP contribution in [-0.2, 0) is 14.9 Å². The lowest BCUT2D eigenvalue weighted by atomic mass is 10.2. The number of anilines is 2. The van der Waals surface area contributed by atoms with Crippen LogP contribution in [0.15, 0.2) is 59.1 Å². The number of halogens is 2. The zero-order chi connectivity index (χ0) is 19.3. The van der Waals surface area contributed by atoms with E-state index in [-0.39, 0.29) is 21.2 Å². The smallest absolute Gasteiger partial charge is 0.294 e. The van der Waals surface area contributed by atoms with Gasteiger partial charge in [-0.3, -0.25) is 9.35 Å². The van der Waals surface area contributed by atoms with Gasteiger partial charge in [0.2, 0.25) is 0 Å². The molecule has 0 atom stereocenters. The Hall–Kier alpha value is -2.93. The van der Waals surface area contributed by atoms with E-state index in [9.17, 15) is 17.6 Å². The molecule has 0 aliphatic carbocycles. The zero-order valence-corrected chi connectivity index (χ0v) is 14.5. The van der Waals surface area contributed by atoms with Crippen molar-refractivity contribution in [2.75, 3.05) is 10.6 Å². The fourth-order valence-corrected chi connectivity index (χ4v) is 2.46. The molecule has 10 heteroatoms. The van der Waals surface area contributed by atoms with Crippen LogP contribution in [0.5, 0.6) is 0 Å². The molecule has 0 bridgehead atoms. The zero-order valence-electron chi connectivity index (χ0n) is 12.9. The Morgan fingerprint density at radius 2 is 1.81 bits per heavy atom. The summed E-state index contributed by atoms with van der Waals surface area (Å²) < 4.78 is 43.9. The summed E-state index contributed by atoms with van der Waals surface area (Å²) in [6.07, 6.45) is 1.12. The standard InChI is InChI=1S/C16H11ClFN3O4S/c17-14-7-12(3-6-15(14)18)20-9-10(8-19)16(22)21-11-1-4-13(5-2-11)26(23,24)25/h1-7,9,20H,(H,21,22)(H,23,24,25)/b10-9-. The van der Waals surface area contributed by atoms with Gasteiger partial charge in [0.1, 0.15) is 17.5 Å². The molecule has 2 rings (SSSR count). The molecule has 0 aromatic heterocycles. The quantitative estimate of drug-likeness (QED) is 0.406. The minimum absolute atomic E-state index is 0.120. The van der Waals surface area contributed by atoms with Crippen molar-refractivity contribution in [3.05, 3.63) is 65.1 Å². The van der Waals surface area contributed by atoms with E-state index in [4.69, 9.17) is 21.4 Å². The van der Waals surface area contributed by atoms with Gasteiger partial charge in [-0.25, -0.2) is 4.39 Å². The number of carbonyl (C=O) groups excluding carboxylic acids is 1. The highest BCUT2D eigenvalue weighted by Gasteiger charge is 2.12. The van der Waals surface area contributed by atoms with Crippen LogP contribution in [0, 0.1) is 17.1 Å². The van der Waals surface area contributed by atoms with Crippen molar-refractivity contribution in [2.24, 2.45) is 0 Å². The maximum atomic E-state index is 13.1. The molecule has 0 radical (unpaired) electrons. The second-order valence-electron chi connectivity index (χ2n) is 4.90. The Morgan fingerprint density at radius 1 is 1.19 bits per heavy atom. The molecule has 0 saturated heterocycles. The highest BCUT2D eigenvalue weighted by atomic mass is 35.5. The molecule has 2 aromatic carbocycles. The lowest BCUT2D eigenvalue weighted by Crippen LogP contribution is -2.14. The minimum atomic E-state index is -4.34. The van der Waals surface area contributed by atoms with Crippen LogP contribution >= 0.6 is 11.6 Å². The first kappa shape index (κ1) is 19.4. The fraction of sp³-hybridized carbons (Fsp3) is 0. The number of carbonyl (C=O) groups is 1. The Bertz CT molecular complexity index is 1010. The number of hydrogen-bond acceptors (Lipinski definition) is 5. The molecule has 0 saturated carbocycles. The lowest BCUT2D eigenvalue weighted by molar-refractivity contribution is -0.112. The van der Waals surface area contributed by atoms with Crippen molar-refractivity contribution < 1.29 is 22.2 Å². The number of nitrogens with one attached hydrogen (secondary N) is 2. The van der Waals surface area contributed by atoms with Crippen molar-refractivity contribution in [1.82, 2.24) is 0 Å². The average molecular weight is 396 g/mol. The van der Waals surface area contributed by atoms with Crippen molar-refractivity contribution in [1.29, 1.82) is 5.26 Å². The largest absolute Gasteiger partial charge is 0.360 e. The van der Waals surface area contributed by atoms with Crippen molar-refractivity contribution in [3.8, 4) is 6.07 Å². The topological polar surface area (TPSA) is 119 Å². The first-order chi connectivity index (χ1) is 12.2. The van der Waals surface area contributed by atoms with Gasteiger partial charge in [-0.15, -0.1) is 0 Å². The molecular formula is C16H11ClFN3O4S. The summed E-state index contributed by atoms with van der Waals surface area (Å²) >= 11 is 5.64. The Morgan fingerprint density at radius 3 is 2.35 bits per heavy atom. The van der Waals surface area contributed by atoms with Crippen LogP contribution in [0.1, 0.15) is 0 Å². The molecule has 1 amide bonds. The number of amides is 1. The van der Waals surface area contributed by atoms with E-state index in [2.05, 4.69) is 10.6 Å². The highest BCUT2D eigenvalue weighted by molar-refractivity contribution is 7.85. The molecule has 7 nitrogen and oxygen atoms in total. The number of nitrogens with zero attached hydrogens (tertiary/aromatic N) is 1. The summed E-state index contributed by atoms with van der Waals surface area (Å²) in [7, 11) is -4.34. The van der Waals surface area contributed by atoms with Crippen LogP contribution in [0.2, 0.25) is 5.02 Å². The Balaban J connectivity index is 2.10. The van der Waals surface area contributed by atoms with Crippen LogP contribution in [0.25, 0.3) is 0 Å². The van der Waals surface area contributed by atoms with Gasteiger partial charge in [0.15, 0.2) is 0 Å². The van der Waals surface area contributed by atoms with Gasteiger partial charge in [-0.05, 0) is 42.5 Å². The predicted octanol–water partition coefficient (Wildman–Crippen LogP) is 3.18. The van der Waals surface area contributed by atoms with Gasteiger partial charge in [-0.2, -0.15) is 13.7 Å². The summed E-state index contributed by atoms with van der Waals surface area (Å²) in [5, 5.41) is 14.0. The normalized spacial score (nSPS) is 11.5. The first-order valence-electron chi connectivity index (χ1n) is 6.91. The van der Waals surface area contributed by atoms with Crippen LogP contribution in [0.4, 0.5) is 15.8 Å². The maximum Gasteiger partial charge on any atom is 0.294 e. The third kappa shape index (κ3) is 5.03. The van der Waals surface area contributed by atoms with Crippen molar-refractivity contribution in [3.63, 3.8) is 0 Å². The average Bonchev–Trinajstić information content (AvgIpc) is 2.58. The van der Waals surface area contributed by atoms with E-state index in [1.54, 1.807) is 6.07 Å². The van der Waals surface area contributed by atoms with Crippen LogP contribution in [0.3, 0.4) is 0 Å². The van der Waals surface area contributed by atoms with Gasteiger partial charge < -0.3 is 10.6 Å². The molecular weight excluding hydrogens is 385 g/mol. The van der Waals surface area contributed by atoms with Gasteiger partial charge in [-0.1, -0.05) is 11.6 Å². The fourth-order valence-electron chi connectivity index (χ4n) is 1.80. The van der Waals surface area contributed by atoms with E-state index in [1.165, 1.54) is 24.3 Å². The molecule has 0 aliphatic rings. The second kappa shape index (κ2) is 7.97. The third-order valence-electron chi connectivity index (χ3n) is 3.08. The Labute approximate surface area is 153 Å².